The highest BCUT2D eigenvalue weighted by Crippen LogP contribution is 2.38. The van der Waals surface area contributed by atoms with Crippen LogP contribution in [0.3, 0.4) is 0 Å². The summed E-state index contributed by atoms with van der Waals surface area (Å²) in [6.07, 6.45) is 77.8. The summed E-state index contributed by atoms with van der Waals surface area (Å²) in [5.74, 6) is -0.225. The van der Waals surface area contributed by atoms with E-state index in [1.54, 1.807) is 6.08 Å². The molecule has 0 saturated carbocycles. The zero-order valence-corrected chi connectivity index (χ0v) is 49.0. The molecule has 0 aliphatic heterocycles. The molecule has 0 fully saturated rings. The predicted octanol–water partition coefficient (Wildman–Crippen LogP) is 18.0. The summed E-state index contributed by atoms with van der Waals surface area (Å²) in [6, 6.07) is -0.924. The molecule has 0 aromatic rings. The monoisotopic (exact) mass is 1040 g/mol. The van der Waals surface area contributed by atoms with Crippen LogP contribution in [-0.2, 0) is 18.4 Å². The summed E-state index contributed by atoms with van der Waals surface area (Å²) in [6.45, 7) is 4.51. The van der Waals surface area contributed by atoms with Gasteiger partial charge in [0.2, 0.25) is 5.91 Å². The van der Waals surface area contributed by atoms with E-state index in [-0.39, 0.29) is 12.5 Å². The molecule has 0 saturated heterocycles. The van der Waals surface area contributed by atoms with Crippen LogP contribution in [0.5, 0.6) is 0 Å². The topological polar surface area (TPSA) is 108 Å². The Kier molecular flexibility index (Phi) is 52.3. The number of carbonyl (C=O) groups excluding carboxylic acids is 1. The number of allylic oxidation sites excluding steroid dienone is 15. The summed E-state index contributed by atoms with van der Waals surface area (Å²) < 4.78 is 23.3. The average Bonchev–Trinajstić information content (AvgIpc) is 3.35. The first-order chi connectivity index (χ1) is 35.5. The number of nitrogens with zero attached hydrogens (tertiary/aromatic N) is 1. The molecule has 0 spiro atoms. The van der Waals surface area contributed by atoms with E-state index in [0.717, 1.165) is 89.9 Å². The van der Waals surface area contributed by atoms with Crippen molar-refractivity contribution >= 4 is 13.7 Å². The largest absolute Gasteiger partial charge is 0.756 e. The Balaban J connectivity index is 4.30. The normalized spacial score (nSPS) is 14.6. The molecule has 0 bridgehead atoms. The van der Waals surface area contributed by atoms with E-state index in [4.69, 9.17) is 9.05 Å². The molecular formula is C64H115N2O6P. The molecule has 3 unspecified atom stereocenters. The van der Waals surface area contributed by atoms with Gasteiger partial charge in [-0.2, -0.15) is 0 Å². The summed E-state index contributed by atoms with van der Waals surface area (Å²) in [7, 11) is 1.22. The van der Waals surface area contributed by atoms with Crippen LogP contribution in [-0.4, -0.2) is 68.5 Å². The highest BCUT2D eigenvalue weighted by Gasteiger charge is 2.23. The predicted molar refractivity (Wildman–Crippen MR) is 316 cm³/mol. The molecule has 0 aliphatic carbocycles. The number of phosphoric ester groups is 1. The summed E-state index contributed by atoms with van der Waals surface area (Å²) in [4.78, 5) is 25.5. The number of hydrogen-bond donors (Lipinski definition) is 2. The third kappa shape index (κ3) is 57.0. The van der Waals surface area contributed by atoms with E-state index in [9.17, 15) is 19.4 Å². The Morgan fingerprint density at radius 1 is 0.493 bits per heavy atom. The number of carbonyl (C=O) groups is 1. The van der Waals surface area contributed by atoms with Crippen molar-refractivity contribution in [2.75, 3.05) is 40.9 Å². The van der Waals surface area contributed by atoms with Gasteiger partial charge in [-0.3, -0.25) is 9.36 Å². The van der Waals surface area contributed by atoms with Crippen LogP contribution in [0.1, 0.15) is 251 Å². The van der Waals surface area contributed by atoms with Gasteiger partial charge in [0.15, 0.2) is 0 Å². The number of unbranched alkanes of at least 4 members (excludes halogenated alkanes) is 27. The fourth-order valence-corrected chi connectivity index (χ4v) is 9.05. The number of aliphatic hydroxyl groups excluding tert-OH is 1. The summed E-state index contributed by atoms with van der Waals surface area (Å²) >= 11 is 0. The SMILES string of the molecule is CC/C=C\C/C=C\C/C=C\C/C=C\C/C=C\CCCCCCCCCC(=O)NC(COP(=O)([O-])OCC[N+](C)(C)C)C(O)/C=C/CC/C=C/CC/C=C/CCCCCCCCCCCCCCCCCCCC. The third-order valence-corrected chi connectivity index (χ3v) is 14.0. The third-order valence-electron chi connectivity index (χ3n) is 13.0. The van der Waals surface area contributed by atoms with Crippen molar-refractivity contribution in [2.45, 2.75) is 264 Å². The number of aliphatic hydroxyl groups is 1. The van der Waals surface area contributed by atoms with Crippen molar-refractivity contribution in [1.29, 1.82) is 0 Å². The van der Waals surface area contributed by atoms with Gasteiger partial charge in [0.1, 0.15) is 13.2 Å². The van der Waals surface area contributed by atoms with Crippen LogP contribution in [0.4, 0.5) is 0 Å². The number of likely N-dealkylation sites (N-methyl/N-ethyl adjacent to an activating group) is 1. The van der Waals surface area contributed by atoms with Crippen LogP contribution in [0.15, 0.2) is 97.2 Å². The van der Waals surface area contributed by atoms with Gasteiger partial charge in [-0.15, -0.1) is 0 Å². The maximum absolute atomic E-state index is 13.0. The fourth-order valence-electron chi connectivity index (χ4n) is 8.33. The highest BCUT2D eigenvalue weighted by atomic mass is 31.2. The average molecular weight is 1040 g/mol. The number of hydrogen-bond acceptors (Lipinski definition) is 6. The van der Waals surface area contributed by atoms with Crippen LogP contribution in [0.25, 0.3) is 0 Å². The first-order valence-electron chi connectivity index (χ1n) is 30.1. The fraction of sp³-hybridized carbons (Fsp3) is 0.734. The molecule has 0 aliphatic rings. The molecule has 73 heavy (non-hydrogen) atoms. The minimum Gasteiger partial charge on any atom is -0.756 e. The number of quaternary nitrogens is 1. The van der Waals surface area contributed by atoms with Gasteiger partial charge in [0.25, 0.3) is 7.82 Å². The van der Waals surface area contributed by atoms with E-state index < -0.39 is 26.6 Å². The van der Waals surface area contributed by atoms with Crippen molar-refractivity contribution in [1.82, 2.24) is 5.32 Å². The quantitative estimate of drug-likeness (QED) is 0.0272. The Morgan fingerprint density at radius 2 is 0.849 bits per heavy atom. The Bertz CT molecular complexity index is 1510. The van der Waals surface area contributed by atoms with Gasteiger partial charge in [-0.25, -0.2) is 0 Å². The van der Waals surface area contributed by atoms with Crippen LogP contribution < -0.4 is 10.2 Å². The molecule has 8 nitrogen and oxygen atoms in total. The minimum atomic E-state index is -4.62. The molecule has 0 aromatic carbocycles. The summed E-state index contributed by atoms with van der Waals surface area (Å²) in [5, 5.41) is 13.9. The van der Waals surface area contributed by atoms with E-state index in [2.05, 4.69) is 104 Å². The lowest BCUT2D eigenvalue weighted by atomic mass is 10.0. The molecule has 0 heterocycles. The van der Waals surface area contributed by atoms with Crippen LogP contribution in [0, 0.1) is 0 Å². The van der Waals surface area contributed by atoms with Gasteiger partial charge in [0.05, 0.1) is 39.9 Å². The second-order valence-corrected chi connectivity index (χ2v) is 22.7. The molecule has 2 N–H and O–H groups in total. The Morgan fingerprint density at radius 3 is 1.27 bits per heavy atom. The van der Waals surface area contributed by atoms with E-state index >= 15 is 0 Å². The zero-order valence-electron chi connectivity index (χ0n) is 48.1. The first kappa shape index (κ1) is 70.4. The summed E-state index contributed by atoms with van der Waals surface area (Å²) in [5.41, 5.74) is 0. The number of nitrogens with one attached hydrogen (secondary N) is 1. The van der Waals surface area contributed by atoms with Gasteiger partial charge in [-0.05, 0) is 89.9 Å². The minimum absolute atomic E-state index is 0.0164. The van der Waals surface area contributed by atoms with Crippen molar-refractivity contribution in [3.63, 3.8) is 0 Å². The second-order valence-electron chi connectivity index (χ2n) is 21.3. The Labute approximate surface area is 451 Å². The molecule has 422 valence electrons. The molecule has 0 rings (SSSR count). The maximum atomic E-state index is 13.0. The first-order valence-corrected chi connectivity index (χ1v) is 31.6. The van der Waals surface area contributed by atoms with Crippen molar-refractivity contribution < 1.29 is 32.9 Å². The zero-order chi connectivity index (χ0) is 53.5. The maximum Gasteiger partial charge on any atom is 0.268 e. The molecule has 1 amide bonds. The smallest absolute Gasteiger partial charge is 0.268 e. The van der Waals surface area contributed by atoms with E-state index in [1.165, 1.54) is 141 Å². The number of phosphoric acid groups is 1. The van der Waals surface area contributed by atoms with Gasteiger partial charge < -0.3 is 28.8 Å². The van der Waals surface area contributed by atoms with Gasteiger partial charge >= 0.3 is 0 Å². The number of amides is 1. The van der Waals surface area contributed by atoms with Crippen LogP contribution in [0.2, 0.25) is 0 Å². The lowest BCUT2D eigenvalue weighted by molar-refractivity contribution is -0.870. The standard InChI is InChI=1S/C64H115N2O6P/c1-6-8-10-12-14-16-18-20-22-24-26-28-30-31-32-33-34-36-37-39-41-43-45-47-49-51-53-55-57-63(67)62(61-72-73(69,70)71-60-59-66(3,4)5)65-64(68)58-56-54-52-50-48-46-44-42-40-38-35-29-27-25-23-21-19-17-15-13-11-9-7-2/h9,11,15,17,21,23,27,29,38-41,47,49,55,57,62-63,67H,6-8,10,12-14,16,18-20,22,24-26,28,30-37,42-46,48,50-54,56,58-61H2,1-5H3,(H-,65,68,69,70)/b11-9-,17-15-,23-21-,29-27-,40-38-,41-39+,49-47+,57-55+. The lowest BCUT2D eigenvalue weighted by Gasteiger charge is -2.29. The molecule has 9 heteroatoms. The van der Waals surface area contributed by atoms with Crippen molar-refractivity contribution in [2.24, 2.45) is 0 Å². The number of rotatable bonds is 54. The Hall–Kier alpha value is -2.58. The van der Waals surface area contributed by atoms with Crippen molar-refractivity contribution in [3.8, 4) is 0 Å². The molecule has 3 atom stereocenters. The molecular weight excluding hydrogens is 924 g/mol. The van der Waals surface area contributed by atoms with Crippen molar-refractivity contribution in [3.05, 3.63) is 97.2 Å². The lowest BCUT2D eigenvalue weighted by Crippen LogP contribution is -2.45. The van der Waals surface area contributed by atoms with E-state index in [1.807, 2.05) is 27.2 Å². The van der Waals surface area contributed by atoms with Gasteiger partial charge in [0, 0.05) is 6.42 Å². The van der Waals surface area contributed by atoms with E-state index in [0.29, 0.717) is 17.4 Å². The second kappa shape index (κ2) is 54.2. The molecule has 0 radical (unpaired) electrons. The molecule has 0 aromatic heterocycles. The van der Waals surface area contributed by atoms with Crippen LogP contribution >= 0.6 is 7.82 Å². The van der Waals surface area contributed by atoms with Gasteiger partial charge in [-0.1, -0.05) is 252 Å². The highest BCUT2D eigenvalue weighted by molar-refractivity contribution is 7.45.